The van der Waals surface area contributed by atoms with E-state index in [0.717, 1.165) is 12.8 Å². The summed E-state index contributed by atoms with van der Waals surface area (Å²) < 4.78 is 0. The average Bonchev–Trinajstić information content (AvgIpc) is 2.82. The normalized spacial score (nSPS) is 16.3. The Morgan fingerprint density at radius 3 is 2.19 bits per heavy atom. The molecular formula is C14H25N3O4. The van der Waals surface area contributed by atoms with E-state index in [-0.39, 0.29) is 24.9 Å². The monoisotopic (exact) mass is 299 g/mol. The van der Waals surface area contributed by atoms with Gasteiger partial charge < -0.3 is 20.2 Å². The van der Waals surface area contributed by atoms with Gasteiger partial charge in [0.15, 0.2) is 0 Å². The van der Waals surface area contributed by atoms with Crippen LogP contribution >= 0.6 is 0 Å². The highest BCUT2D eigenvalue weighted by Crippen LogP contribution is 2.32. The zero-order chi connectivity index (χ0) is 16.0. The number of aliphatic carboxylic acids is 1. The Kier molecular flexibility index (Phi) is 5.99. The molecule has 120 valence electrons. The summed E-state index contributed by atoms with van der Waals surface area (Å²) in [5, 5.41) is 11.9. The smallest absolute Gasteiger partial charge is 0.318 e. The third-order valence-electron chi connectivity index (χ3n) is 3.92. The fourth-order valence-corrected chi connectivity index (χ4v) is 2.63. The molecule has 0 radical (unpaired) electrons. The molecule has 1 saturated carbocycles. The number of carboxylic acids is 1. The number of rotatable bonds is 6. The van der Waals surface area contributed by atoms with Crippen LogP contribution in [-0.2, 0) is 9.59 Å². The minimum atomic E-state index is -0.912. The van der Waals surface area contributed by atoms with Gasteiger partial charge in [-0.3, -0.25) is 9.59 Å². The number of hydrogen-bond acceptors (Lipinski definition) is 3. The summed E-state index contributed by atoms with van der Waals surface area (Å²) in [5.74, 6) is -1.07. The van der Waals surface area contributed by atoms with Crippen molar-refractivity contribution in [2.75, 3.05) is 27.2 Å². The van der Waals surface area contributed by atoms with Crippen LogP contribution in [0.15, 0.2) is 0 Å². The lowest BCUT2D eigenvalue weighted by atomic mass is 9.93. The van der Waals surface area contributed by atoms with Crippen molar-refractivity contribution in [3.8, 4) is 0 Å². The van der Waals surface area contributed by atoms with Gasteiger partial charge in [-0.1, -0.05) is 12.8 Å². The van der Waals surface area contributed by atoms with Crippen LogP contribution in [0, 0.1) is 0 Å². The van der Waals surface area contributed by atoms with Gasteiger partial charge in [-0.25, -0.2) is 4.79 Å². The molecule has 0 aromatic carbocycles. The van der Waals surface area contributed by atoms with Crippen LogP contribution in [-0.4, -0.2) is 65.5 Å². The summed E-state index contributed by atoms with van der Waals surface area (Å²) in [6.45, 7) is 2.19. The first-order valence-corrected chi connectivity index (χ1v) is 7.28. The van der Waals surface area contributed by atoms with Crippen LogP contribution in [0.2, 0.25) is 0 Å². The van der Waals surface area contributed by atoms with Crippen LogP contribution in [0.3, 0.4) is 0 Å². The fourth-order valence-electron chi connectivity index (χ4n) is 2.63. The van der Waals surface area contributed by atoms with E-state index in [9.17, 15) is 14.4 Å². The highest BCUT2D eigenvalue weighted by molar-refractivity contribution is 5.84. The molecule has 0 heterocycles. The maximum absolute atomic E-state index is 12.3. The molecule has 0 bridgehead atoms. The number of hydrogen-bond donors (Lipinski definition) is 2. The fraction of sp³-hybridized carbons (Fsp3) is 0.786. The predicted octanol–water partition coefficient (Wildman–Crippen LogP) is 0.894. The van der Waals surface area contributed by atoms with Gasteiger partial charge >= 0.3 is 12.0 Å². The average molecular weight is 299 g/mol. The van der Waals surface area contributed by atoms with Crippen LogP contribution in [0.1, 0.15) is 39.0 Å². The van der Waals surface area contributed by atoms with Crippen molar-refractivity contribution in [2.24, 2.45) is 0 Å². The van der Waals surface area contributed by atoms with Crippen molar-refractivity contribution in [3.05, 3.63) is 0 Å². The van der Waals surface area contributed by atoms with E-state index >= 15 is 0 Å². The van der Waals surface area contributed by atoms with E-state index in [1.807, 2.05) is 0 Å². The van der Waals surface area contributed by atoms with Crippen molar-refractivity contribution in [1.82, 2.24) is 15.1 Å². The van der Waals surface area contributed by atoms with E-state index in [4.69, 9.17) is 5.11 Å². The minimum absolute atomic E-state index is 0.00150. The van der Waals surface area contributed by atoms with Crippen LogP contribution in [0.25, 0.3) is 0 Å². The number of amides is 3. The van der Waals surface area contributed by atoms with Crippen LogP contribution in [0.5, 0.6) is 0 Å². The van der Waals surface area contributed by atoms with Gasteiger partial charge in [-0.05, 0) is 19.8 Å². The lowest BCUT2D eigenvalue weighted by Gasteiger charge is -2.32. The number of carbonyl (C=O) groups is 3. The quantitative estimate of drug-likeness (QED) is 0.762. The molecule has 0 saturated heterocycles. The first-order chi connectivity index (χ1) is 9.79. The highest BCUT2D eigenvalue weighted by Gasteiger charge is 2.38. The summed E-state index contributed by atoms with van der Waals surface area (Å²) in [4.78, 5) is 37.9. The van der Waals surface area contributed by atoms with Gasteiger partial charge in [0.25, 0.3) is 0 Å². The number of carboxylic acid groups (broad SMARTS) is 1. The molecule has 21 heavy (non-hydrogen) atoms. The van der Waals surface area contributed by atoms with Gasteiger partial charge in [-0.15, -0.1) is 0 Å². The molecule has 0 atom stereocenters. The number of urea groups is 1. The molecule has 1 fully saturated rings. The topological polar surface area (TPSA) is 90.0 Å². The van der Waals surface area contributed by atoms with Gasteiger partial charge in [0.1, 0.15) is 6.54 Å². The highest BCUT2D eigenvalue weighted by atomic mass is 16.4. The van der Waals surface area contributed by atoms with Crippen molar-refractivity contribution in [3.63, 3.8) is 0 Å². The zero-order valence-corrected chi connectivity index (χ0v) is 13.0. The molecule has 7 heteroatoms. The van der Waals surface area contributed by atoms with Gasteiger partial charge in [0, 0.05) is 20.6 Å². The Morgan fingerprint density at radius 1 is 1.19 bits per heavy atom. The molecular weight excluding hydrogens is 274 g/mol. The SMILES string of the molecule is CCN(CC(=O)N(C)C)C(=O)NC1(CC(=O)O)CCCC1. The number of nitrogens with zero attached hydrogens (tertiary/aromatic N) is 2. The molecule has 1 aliphatic carbocycles. The number of nitrogens with one attached hydrogen (secondary N) is 1. The van der Waals surface area contributed by atoms with E-state index in [1.54, 1.807) is 21.0 Å². The molecule has 7 nitrogen and oxygen atoms in total. The summed E-state index contributed by atoms with van der Waals surface area (Å²) in [6, 6.07) is -0.365. The van der Waals surface area contributed by atoms with Gasteiger partial charge in [0.05, 0.1) is 12.0 Å². The lowest BCUT2D eigenvalue weighted by molar-refractivity contribution is -0.138. The molecule has 2 N–H and O–H groups in total. The molecule has 1 aliphatic rings. The maximum Gasteiger partial charge on any atom is 0.318 e. The standard InChI is InChI=1S/C14H25N3O4/c1-4-17(10-11(18)16(2)3)13(21)15-14(9-12(19)20)7-5-6-8-14/h4-10H2,1-3H3,(H,15,21)(H,19,20). The van der Waals surface area contributed by atoms with E-state index < -0.39 is 11.5 Å². The van der Waals surface area contributed by atoms with Crippen molar-refractivity contribution in [2.45, 2.75) is 44.6 Å². The van der Waals surface area contributed by atoms with Crippen molar-refractivity contribution in [1.29, 1.82) is 0 Å². The van der Waals surface area contributed by atoms with Gasteiger partial charge in [0.2, 0.25) is 5.91 Å². The van der Waals surface area contributed by atoms with Crippen molar-refractivity contribution < 1.29 is 19.5 Å². The van der Waals surface area contributed by atoms with E-state index in [1.165, 1.54) is 9.80 Å². The predicted molar refractivity (Wildman–Crippen MR) is 77.9 cm³/mol. The molecule has 1 rings (SSSR count). The summed E-state index contributed by atoms with van der Waals surface area (Å²) in [6.07, 6.45) is 3.10. The molecule has 0 unspecified atom stereocenters. The van der Waals surface area contributed by atoms with E-state index in [0.29, 0.717) is 19.4 Å². The Labute approximate surface area is 125 Å². The second-order valence-corrected chi connectivity index (χ2v) is 5.79. The molecule has 0 spiro atoms. The summed E-state index contributed by atoms with van der Waals surface area (Å²) in [5.41, 5.74) is -0.669. The zero-order valence-electron chi connectivity index (χ0n) is 13.0. The minimum Gasteiger partial charge on any atom is -0.481 e. The summed E-state index contributed by atoms with van der Waals surface area (Å²) >= 11 is 0. The third-order valence-corrected chi connectivity index (χ3v) is 3.92. The Bertz CT molecular complexity index is 403. The number of carbonyl (C=O) groups excluding carboxylic acids is 2. The third kappa shape index (κ3) is 4.91. The Hall–Kier alpha value is -1.79. The Morgan fingerprint density at radius 2 is 1.76 bits per heavy atom. The first kappa shape index (κ1) is 17.3. The first-order valence-electron chi connectivity index (χ1n) is 7.28. The number of likely N-dealkylation sites (N-methyl/N-ethyl adjacent to an activating group) is 2. The van der Waals surface area contributed by atoms with Gasteiger partial charge in [-0.2, -0.15) is 0 Å². The largest absolute Gasteiger partial charge is 0.481 e. The summed E-state index contributed by atoms with van der Waals surface area (Å²) in [7, 11) is 3.27. The lowest BCUT2D eigenvalue weighted by Crippen LogP contribution is -2.54. The molecule has 0 aliphatic heterocycles. The molecule has 0 aromatic heterocycles. The molecule has 0 aromatic rings. The van der Waals surface area contributed by atoms with Crippen LogP contribution in [0.4, 0.5) is 4.79 Å². The van der Waals surface area contributed by atoms with Crippen molar-refractivity contribution >= 4 is 17.9 Å². The van der Waals surface area contributed by atoms with Crippen LogP contribution < -0.4 is 5.32 Å². The molecule has 3 amide bonds. The van der Waals surface area contributed by atoms with E-state index in [2.05, 4.69) is 5.32 Å². The second kappa shape index (κ2) is 7.28. The Balaban J connectivity index is 2.71. The second-order valence-electron chi connectivity index (χ2n) is 5.79. The maximum atomic E-state index is 12.3.